The fraction of sp³-hybridized carbons (Fsp3) is 0.571. The molecule has 0 radical (unpaired) electrons. The second kappa shape index (κ2) is 6.51. The van der Waals surface area contributed by atoms with Gasteiger partial charge >= 0.3 is 0 Å². The van der Waals surface area contributed by atoms with E-state index in [4.69, 9.17) is 4.74 Å². The lowest BCUT2D eigenvalue weighted by molar-refractivity contribution is 0.0610. The summed E-state index contributed by atoms with van der Waals surface area (Å²) in [4.78, 5) is 0. The smallest absolute Gasteiger partial charge is 0.0796 e. The number of ether oxygens (including phenoxy) is 1. The van der Waals surface area contributed by atoms with Crippen LogP contribution in [0.25, 0.3) is 0 Å². The summed E-state index contributed by atoms with van der Waals surface area (Å²) in [7, 11) is 0. The molecule has 0 aliphatic carbocycles. The van der Waals surface area contributed by atoms with E-state index in [0.29, 0.717) is 5.92 Å². The molecule has 3 unspecified atom stereocenters. The van der Waals surface area contributed by atoms with Gasteiger partial charge < -0.3 is 10.1 Å². The first-order valence-corrected chi connectivity index (χ1v) is 8.02. The SMILES string of the molecule is CCNC(c1cc(Br)ccc1Br)C1OCCC1C. The van der Waals surface area contributed by atoms with Crippen LogP contribution in [0.1, 0.15) is 31.9 Å². The summed E-state index contributed by atoms with van der Waals surface area (Å²) in [5.41, 5.74) is 1.27. The number of halogens is 2. The maximum atomic E-state index is 5.93. The Morgan fingerprint density at radius 1 is 1.44 bits per heavy atom. The highest BCUT2D eigenvalue weighted by Gasteiger charge is 2.33. The van der Waals surface area contributed by atoms with E-state index in [1.165, 1.54) is 5.56 Å². The van der Waals surface area contributed by atoms with Crippen LogP contribution in [0.3, 0.4) is 0 Å². The second-order valence-electron chi connectivity index (χ2n) is 4.80. The zero-order valence-electron chi connectivity index (χ0n) is 10.7. The first kappa shape index (κ1) is 14.5. The maximum Gasteiger partial charge on any atom is 0.0796 e. The van der Waals surface area contributed by atoms with Crippen LogP contribution < -0.4 is 5.32 Å². The molecule has 1 fully saturated rings. The fourth-order valence-corrected chi connectivity index (χ4v) is 3.39. The topological polar surface area (TPSA) is 21.3 Å². The Kier molecular flexibility index (Phi) is 5.24. The molecule has 0 amide bonds. The first-order chi connectivity index (χ1) is 8.63. The quantitative estimate of drug-likeness (QED) is 0.846. The molecule has 0 saturated carbocycles. The van der Waals surface area contributed by atoms with Gasteiger partial charge in [0.2, 0.25) is 0 Å². The van der Waals surface area contributed by atoms with Crippen molar-refractivity contribution in [3.8, 4) is 0 Å². The second-order valence-corrected chi connectivity index (χ2v) is 6.57. The molecular formula is C14H19Br2NO. The molecule has 2 nitrogen and oxygen atoms in total. The molecule has 1 aromatic rings. The molecule has 0 spiro atoms. The highest BCUT2D eigenvalue weighted by molar-refractivity contribution is 9.11. The van der Waals surface area contributed by atoms with Gasteiger partial charge in [-0.05, 0) is 42.6 Å². The summed E-state index contributed by atoms with van der Waals surface area (Å²) in [5.74, 6) is 0.597. The molecule has 1 heterocycles. The molecule has 100 valence electrons. The van der Waals surface area contributed by atoms with Gasteiger partial charge in [0.1, 0.15) is 0 Å². The van der Waals surface area contributed by atoms with Crippen molar-refractivity contribution < 1.29 is 4.74 Å². The van der Waals surface area contributed by atoms with Gasteiger partial charge in [0, 0.05) is 15.6 Å². The van der Waals surface area contributed by atoms with E-state index < -0.39 is 0 Å². The number of rotatable bonds is 4. The summed E-state index contributed by atoms with van der Waals surface area (Å²) in [5, 5.41) is 3.56. The van der Waals surface area contributed by atoms with E-state index in [1.807, 2.05) is 0 Å². The molecule has 1 saturated heterocycles. The number of hydrogen-bond acceptors (Lipinski definition) is 2. The number of likely N-dealkylation sites (N-methyl/N-ethyl adjacent to an activating group) is 1. The lowest BCUT2D eigenvalue weighted by atomic mass is 9.92. The summed E-state index contributed by atoms with van der Waals surface area (Å²) < 4.78 is 8.17. The van der Waals surface area contributed by atoms with Crippen LogP contribution in [-0.4, -0.2) is 19.3 Å². The predicted octanol–water partition coefficient (Wildman–Crippen LogP) is 4.29. The Balaban J connectivity index is 2.31. The van der Waals surface area contributed by atoms with Crippen LogP contribution in [0.5, 0.6) is 0 Å². The van der Waals surface area contributed by atoms with Crippen LogP contribution in [0.2, 0.25) is 0 Å². The minimum absolute atomic E-state index is 0.249. The van der Waals surface area contributed by atoms with Gasteiger partial charge in [0.25, 0.3) is 0 Å². The van der Waals surface area contributed by atoms with Crippen molar-refractivity contribution in [1.29, 1.82) is 0 Å². The normalized spacial score (nSPS) is 25.3. The van der Waals surface area contributed by atoms with Crippen LogP contribution in [0.15, 0.2) is 27.1 Å². The Labute approximate surface area is 126 Å². The molecule has 3 atom stereocenters. The molecule has 1 aliphatic rings. The molecule has 0 bridgehead atoms. The van der Waals surface area contributed by atoms with Crippen molar-refractivity contribution in [1.82, 2.24) is 5.32 Å². The van der Waals surface area contributed by atoms with Crippen LogP contribution >= 0.6 is 31.9 Å². The van der Waals surface area contributed by atoms with E-state index in [-0.39, 0.29) is 12.1 Å². The highest BCUT2D eigenvalue weighted by Crippen LogP contribution is 2.35. The van der Waals surface area contributed by atoms with E-state index in [1.54, 1.807) is 0 Å². The van der Waals surface area contributed by atoms with Gasteiger partial charge in [-0.15, -0.1) is 0 Å². The molecule has 18 heavy (non-hydrogen) atoms. The number of benzene rings is 1. The van der Waals surface area contributed by atoms with Gasteiger partial charge in [-0.2, -0.15) is 0 Å². The summed E-state index contributed by atoms with van der Waals surface area (Å²) in [6, 6.07) is 6.56. The molecule has 1 aromatic carbocycles. The molecule has 4 heteroatoms. The average molecular weight is 377 g/mol. The van der Waals surface area contributed by atoms with Crippen molar-refractivity contribution in [3.63, 3.8) is 0 Å². The average Bonchev–Trinajstić information content (AvgIpc) is 2.76. The van der Waals surface area contributed by atoms with E-state index >= 15 is 0 Å². The standard InChI is InChI=1S/C14H19Br2NO/c1-3-17-13(14-9(2)6-7-18-14)11-8-10(15)4-5-12(11)16/h4-5,8-9,13-14,17H,3,6-7H2,1-2H3. The van der Waals surface area contributed by atoms with Gasteiger partial charge in [-0.1, -0.05) is 45.7 Å². The lowest BCUT2D eigenvalue weighted by Crippen LogP contribution is -2.35. The Hall–Kier alpha value is 0.1000. The van der Waals surface area contributed by atoms with Crippen molar-refractivity contribution in [2.45, 2.75) is 32.4 Å². The third kappa shape index (κ3) is 3.16. The summed E-state index contributed by atoms with van der Waals surface area (Å²) in [6.45, 7) is 6.22. The molecule has 1 N–H and O–H groups in total. The van der Waals surface area contributed by atoms with Crippen molar-refractivity contribution in [2.24, 2.45) is 5.92 Å². The summed E-state index contributed by atoms with van der Waals surface area (Å²) in [6.07, 6.45) is 1.41. The minimum Gasteiger partial charge on any atom is -0.376 e. The van der Waals surface area contributed by atoms with Crippen LogP contribution in [0, 0.1) is 5.92 Å². The van der Waals surface area contributed by atoms with Gasteiger partial charge in [-0.25, -0.2) is 0 Å². The number of nitrogens with one attached hydrogen (secondary N) is 1. The van der Waals surface area contributed by atoms with Crippen molar-refractivity contribution in [2.75, 3.05) is 13.2 Å². The van der Waals surface area contributed by atoms with Gasteiger partial charge in [0.15, 0.2) is 0 Å². The minimum atomic E-state index is 0.249. The lowest BCUT2D eigenvalue weighted by Gasteiger charge is -2.28. The summed E-state index contributed by atoms with van der Waals surface area (Å²) >= 11 is 7.20. The fourth-order valence-electron chi connectivity index (χ4n) is 2.52. The Morgan fingerprint density at radius 2 is 2.22 bits per heavy atom. The predicted molar refractivity (Wildman–Crippen MR) is 81.8 cm³/mol. The largest absolute Gasteiger partial charge is 0.376 e. The zero-order chi connectivity index (χ0) is 13.1. The highest BCUT2D eigenvalue weighted by atomic mass is 79.9. The molecule has 1 aliphatic heterocycles. The van der Waals surface area contributed by atoms with E-state index in [0.717, 1.165) is 28.5 Å². The molecule has 0 aromatic heterocycles. The van der Waals surface area contributed by atoms with Gasteiger partial charge in [-0.3, -0.25) is 0 Å². The monoisotopic (exact) mass is 375 g/mol. The zero-order valence-corrected chi connectivity index (χ0v) is 13.9. The van der Waals surface area contributed by atoms with E-state index in [9.17, 15) is 0 Å². The van der Waals surface area contributed by atoms with Crippen LogP contribution in [-0.2, 0) is 4.74 Å². The Morgan fingerprint density at radius 3 is 2.83 bits per heavy atom. The van der Waals surface area contributed by atoms with Crippen molar-refractivity contribution >= 4 is 31.9 Å². The number of hydrogen-bond donors (Lipinski definition) is 1. The van der Waals surface area contributed by atoms with Gasteiger partial charge in [0.05, 0.1) is 12.1 Å². The third-order valence-electron chi connectivity index (χ3n) is 3.49. The first-order valence-electron chi connectivity index (χ1n) is 6.43. The molecule has 2 rings (SSSR count). The van der Waals surface area contributed by atoms with E-state index in [2.05, 4.69) is 69.2 Å². The molecular weight excluding hydrogens is 358 g/mol. The van der Waals surface area contributed by atoms with Crippen LogP contribution in [0.4, 0.5) is 0 Å². The maximum absolute atomic E-state index is 5.93. The Bertz CT molecular complexity index is 411. The third-order valence-corrected chi connectivity index (χ3v) is 4.71. The van der Waals surface area contributed by atoms with Crippen molar-refractivity contribution in [3.05, 3.63) is 32.7 Å².